The van der Waals surface area contributed by atoms with E-state index in [0.717, 1.165) is 0 Å². The smallest absolute Gasteiger partial charge is 0.402 e. The average molecular weight is 426 g/mol. The summed E-state index contributed by atoms with van der Waals surface area (Å²) in [6.45, 7) is 3.63. The fraction of sp³-hybridized carbons (Fsp3) is 0.455. The molecule has 0 aliphatic heterocycles. The lowest BCUT2D eigenvalue weighted by Crippen LogP contribution is -2.21. The van der Waals surface area contributed by atoms with Gasteiger partial charge in [0.1, 0.15) is 0 Å². The summed E-state index contributed by atoms with van der Waals surface area (Å²) >= 11 is 20.7. The molecule has 20 heavy (non-hydrogen) atoms. The number of rotatable bonds is 6. The van der Waals surface area contributed by atoms with Crippen LogP contribution in [0.1, 0.15) is 13.8 Å². The summed E-state index contributed by atoms with van der Waals surface area (Å²) in [7, 11) is -4.35. The quantitative estimate of drug-likeness (QED) is 0.370. The topological polar surface area (TPSA) is 55.8 Å². The average Bonchev–Trinajstić information content (AvgIpc) is 2.32. The lowest BCUT2D eigenvalue weighted by Gasteiger charge is -2.22. The largest absolute Gasteiger partial charge is 0.527 e. The van der Waals surface area contributed by atoms with Crippen LogP contribution >= 0.6 is 58.6 Å². The molecule has 0 amide bonds. The molecular formula is C11H13BrCl3O4P. The van der Waals surface area contributed by atoms with Crippen LogP contribution in [-0.4, -0.2) is 16.9 Å². The Balaban J connectivity index is 2.91. The molecule has 2 atom stereocenters. The van der Waals surface area contributed by atoms with Crippen molar-refractivity contribution in [3.63, 3.8) is 0 Å². The molecule has 0 heterocycles. The summed E-state index contributed by atoms with van der Waals surface area (Å²) < 4.78 is 22.5. The van der Waals surface area contributed by atoms with Gasteiger partial charge in [-0.25, -0.2) is 4.57 Å². The minimum atomic E-state index is -4.35. The molecule has 1 rings (SSSR count). The van der Waals surface area contributed by atoms with E-state index in [1.807, 2.05) is 13.8 Å². The number of phosphoric ester groups is 1. The van der Waals surface area contributed by atoms with Crippen molar-refractivity contribution in [2.75, 3.05) is 5.88 Å². The van der Waals surface area contributed by atoms with Gasteiger partial charge in [0.25, 0.3) is 0 Å². The zero-order chi connectivity index (χ0) is 15.5. The van der Waals surface area contributed by atoms with Crippen molar-refractivity contribution in [1.82, 2.24) is 0 Å². The zero-order valence-corrected chi connectivity index (χ0v) is 15.4. The van der Waals surface area contributed by atoms with Crippen molar-refractivity contribution in [3.05, 3.63) is 26.7 Å². The van der Waals surface area contributed by atoms with Crippen LogP contribution in [0.25, 0.3) is 0 Å². The van der Waals surface area contributed by atoms with E-state index in [1.165, 1.54) is 12.1 Å². The third kappa shape index (κ3) is 5.38. The second-order valence-corrected chi connectivity index (χ2v) is 7.61. The highest BCUT2D eigenvalue weighted by Gasteiger charge is 2.30. The van der Waals surface area contributed by atoms with Crippen molar-refractivity contribution >= 4 is 58.6 Å². The van der Waals surface area contributed by atoms with E-state index in [0.29, 0.717) is 9.50 Å². The normalized spacial score (nSPS) is 16.0. The minimum Gasteiger partial charge on any atom is -0.402 e. The van der Waals surface area contributed by atoms with E-state index >= 15 is 0 Å². The van der Waals surface area contributed by atoms with Gasteiger partial charge in [-0.2, -0.15) is 0 Å². The molecule has 1 aromatic carbocycles. The molecule has 0 spiro atoms. The van der Waals surface area contributed by atoms with Crippen LogP contribution in [0.4, 0.5) is 0 Å². The first-order valence-corrected chi connectivity index (χ1v) is 9.15. The van der Waals surface area contributed by atoms with Gasteiger partial charge in [-0.3, -0.25) is 9.42 Å². The molecule has 0 fully saturated rings. The number of phosphoric acid groups is 1. The molecule has 2 unspecified atom stereocenters. The van der Waals surface area contributed by atoms with E-state index in [4.69, 9.17) is 43.9 Å². The second kappa shape index (κ2) is 7.68. The van der Waals surface area contributed by atoms with E-state index in [1.54, 1.807) is 0 Å². The Morgan fingerprint density at radius 1 is 1.35 bits per heavy atom. The van der Waals surface area contributed by atoms with Crippen LogP contribution in [-0.2, 0) is 9.09 Å². The first-order chi connectivity index (χ1) is 9.16. The summed E-state index contributed by atoms with van der Waals surface area (Å²) in [5.74, 6) is -0.0104. The molecule has 0 bridgehead atoms. The highest BCUT2D eigenvalue weighted by molar-refractivity contribution is 9.10. The maximum absolute atomic E-state index is 11.9. The molecule has 4 nitrogen and oxygen atoms in total. The van der Waals surface area contributed by atoms with Crippen molar-refractivity contribution in [1.29, 1.82) is 0 Å². The number of benzene rings is 1. The van der Waals surface area contributed by atoms with Crippen LogP contribution < -0.4 is 4.52 Å². The Morgan fingerprint density at radius 2 is 1.95 bits per heavy atom. The lowest BCUT2D eigenvalue weighted by molar-refractivity contribution is 0.119. The first-order valence-electron chi connectivity index (χ1n) is 5.57. The molecule has 0 radical (unpaired) electrons. The molecule has 1 aromatic rings. The van der Waals surface area contributed by atoms with Gasteiger partial charge in [-0.05, 0) is 27.9 Å². The van der Waals surface area contributed by atoms with Gasteiger partial charge in [-0.1, -0.05) is 37.0 Å². The van der Waals surface area contributed by atoms with Gasteiger partial charge < -0.3 is 4.52 Å². The first kappa shape index (κ1) is 18.6. The van der Waals surface area contributed by atoms with Crippen molar-refractivity contribution in [2.24, 2.45) is 5.92 Å². The van der Waals surface area contributed by atoms with Crippen LogP contribution in [0, 0.1) is 5.92 Å². The second-order valence-electron chi connectivity index (χ2n) is 4.30. The maximum atomic E-state index is 11.9. The predicted octanol–water partition coefficient (Wildman–Crippen LogP) is 5.52. The van der Waals surface area contributed by atoms with Crippen molar-refractivity contribution < 1.29 is 18.5 Å². The summed E-state index contributed by atoms with van der Waals surface area (Å²) in [4.78, 5) is 9.74. The van der Waals surface area contributed by atoms with E-state index in [2.05, 4.69) is 15.9 Å². The van der Waals surface area contributed by atoms with E-state index < -0.39 is 13.9 Å². The summed E-state index contributed by atoms with van der Waals surface area (Å²) in [6.07, 6.45) is -0.614. The number of hydrogen-bond acceptors (Lipinski definition) is 3. The molecule has 1 N–H and O–H groups in total. The number of hydrogen-bond donors (Lipinski definition) is 1. The molecular weight excluding hydrogens is 413 g/mol. The number of alkyl halides is 1. The maximum Gasteiger partial charge on any atom is 0.527 e. The fourth-order valence-corrected chi connectivity index (χ4v) is 3.71. The van der Waals surface area contributed by atoms with Gasteiger partial charge in [0.15, 0.2) is 5.75 Å². The van der Waals surface area contributed by atoms with Crippen LogP contribution in [0.15, 0.2) is 16.6 Å². The van der Waals surface area contributed by atoms with Crippen LogP contribution in [0.3, 0.4) is 0 Å². The highest BCUT2D eigenvalue weighted by atomic mass is 79.9. The summed E-state index contributed by atoms with van der Waals surface area (Å²) in [6, 6.07) is 2.78. The Kier molecular flexibility index (Phi) is 7.13. The Bertz CT molecular complexity index is 527. The Morgan fingerprint density at radius 3 is 2.45 bits per heavy atom. The van der Waals surface area contributed by atoms with Gasteiger partial charge in [-0.15, -0.1) is 11.6 Å². The molecule has 0 aliphatic rings. The molecule has 0 aliphatic carbocycles. The molecule has 9 heteroatoms. The third-order valence-electron chi connectivity index (χ3n) is 2.35. The summed E-state index contributed by atoms with van der Waals surface area (Å²) in [5, 5.41) is 0.424. The SMILES string of the molecule is CC(C)C(CCl)OP(=O)(O)Oc1cc(Cl)c(Br)cc1Cl. The van der Waals surface area contributed by atoms with E-state index in [9.17, 15) is 9.46 Å². The Labute approximate surface area is 141 Å². The Hall–Kier alpha value is 0.520. The molecule has 114 valence electrons. The van der Waals surface area contributed by atoms with Crippen molar-refractivity contribution in [2.45, 2.75) is 20.0 Å². The monoisotopic (exact) mass is 424 g/mol. The molecule has 0 saturated heterocycles. The molecule has 0 aromatic heterocycles. The minimum absolute atomic E-state index is 0.0391. The fourth-order valence-electron chi connectivity index (χ4n) is 1.22. The van der Waals surface area contributed by atoms with E-state index in [-0.39, 0.29) is 22.6 Å². The third-order valence-corrected chi connectivity index (χ3v) is 5.11. The predicted molar refractivity (Wildman–Crippen MR) is 85.0 cm³/mol. The van der Waals surface area contributed by atoms with Crippen molar-refractivity contribution in [3.8, 4) is 5.75 Å². The van der Waals surface area contributed by atoms with Gasteiger partial charge in [0.05, 0.1) is 16.1 Å². The van der Waals surface area contributed by atoms with Gasteiger partial charge in [0.2, 0.25) is 0 Å². The number of halogens is 4. The van der Waals surface area contributed by atoms with Gasteiger partial charge in [0, 0.05) is 16.4 Å². The van der Waals surface area contributed by atoms with Crippen LogP contribution in [0.5, 0.6) is 5.75 Å². The van der Waals surface area contributed by atoms with Crippen LogP contribution in [0.2, 0.25) is 10.0 Å². The standard InChI is InChI=1S/C11H13BrCl3O4P/c1-6(2)11(5-13)19-20(16,17)18-10-4-8(14)7(12)3-9(10)15/h3-4,6,11H,5H2,1-2H3,(H,16,17). The zero-order valence-electron chi connectivity index (χ0n) is 10.6. The van der Waals surface area contributed by atoms with Gasteiger partial charge >= 0.3 is 7.82 Å². The highest BCUT2D eigenvalue weighted by Crippen LogP contribution is 2.49. The summed E-state index contributed by atoms with van der Waals surface area (Å²) in [5.41, 5.74) is 0. The lowest BCUT2D eigenvalue weighted by atomic mass is 10.1. The molecule has 0 saturated carbocycles.